The van der Waals surface area contributed by atoms with Crippen LogP contribution in [0.15, 0.2) is 33.7 Å². The minimum Gasteiger partial charge on any atom is -0.367 e. The van der Waals surface area contributed by atoms with E-state index in [9.17, 15) is 0 Å². The summed E-state index contributed by atoms with van der Waals surface area (Å²) in [5, 5.41) is 4.05. The van der Waals surface area contributed by atoms with Crippen LogP contribution in [-0.2, 0) is 6.42 Å². The van der Waals surface area contributed by atoms with Gasteiger partial charge in [-0.15, -0.1) is 11.8 Å². The zero-order chi connectivity index (χ0) is 11.5. The first-order valence-electron chi connectivity index (χ1n) is 5.15. The molecule has 2 N–H and O–H groups in total. The maximum atomic E-state index is 5.74. The smallest absolute Gasteiger partial charge is 0.225 e. The SMILES string of the molecule is CCc1c(-c2ccccc2SC)noc1N. The van der Waals surface area contributed by atoms with Crippen molar-refractivity contribution in [2.75, 3.05) is 12.0 Å². The van der Waals surface area contributed by atoms with Gasteiger partial charge in [-0.1, -0.05) is 30.3 Å². The van der Waals surface area contributed by atoms with Gasteiger partial charge in [0.05, 0.1) is 0 Å². The number of benzene rings is 1. The highest BCUT2D eigenvalue weighted by Crippen LogP contribution is 2.33. The Labute approximate surface area is 99.0 Å². The number of hydrogen-bond acceptors (Lipinski definition) is 4. The molecular weight excluding hydrogens is 220 g/mol. The van der Waals surface area contributed by atoms with E-state index in [0.29, 0.717) is 5.88 Å². The Morgan fingerprint density at radius 3 is 2.81 bits per heavy atom. The maximum absolute atomic E-state index is 5.74. The summed E-state index contributed by atoms with van der Waals surface area (Å²) in [6.07, 6.45) is 2.88. The summed E-state index contributed by atoms with van der Waals surface area (Å²) >= 11 is 1.70. The van der Waals surface area contributed by atoms with E-state index in [4.69, 9.17) is 10.3 Å². The zero-order valence-electron chi connectivity index (χ0n) is 9.36. The number of nitrogens with zero attached hydrogens (tertiary/aromatic N) is 1. The van der Waals surface area contributed by atoms with Crippen molar-refractivity contribution in [2.45, 2.75) is 18.2 Å². The van der Waals surface area contributed by atoms with Crippen LogP contribution in [0.25, 0.3) is 11.3 Å². The molecule has 1 aromatic carbocycles. The van der Waals surface area contributed by atoms with Gasteiger partial charge in [-0.05, 0) is 18.7 Å². The summed E-state index contributed by atoms with van der Waals surface area (Å²) in [7, 11) is 0. The summed E-state index contributed by atoms with van der Waals surface area (Å²) in [6, 6.07) is 8.14. The molecule has 2 aromatic rings. The Bertz CT molecular complexity index is 494. The van der Waals surface area contributed by atoms with Crippen LogP contribution in [0.1, 0.15) is 12.5 Å². The molecule has 0 saturated heterocycles. The number of hydrogen-bond donors (Lipinski definition) is 1. The molecule has 0 aliphatic carbocycles. The standard InChI is InChI=1S/C12H14N2OS/c1-3-8-11(14-15-12(8)13)9-6-4-5-7-10(9)16-2/h4-7H,3,13H2,1-2H3. The van der Waals surface area contributed by atoms with Crippen LogP contribution < -0.4 is 5.73 Å². The lowest BCUT2D eigenvalue weighted by Gasteiger charge is -2.04. The third-order valence-electron chi connectivity index (χ3n) is 2.53. The van der Waals surface area contributed by atoms with Gasteiger partial charge in [-0.3, -0.25) is 0 Å². The summed E-state index contributed by atoms with van der Waals surface area (Å²) in [6.45, 7) is 2.05. The fourth-order valence-electron chi connectivity index (χ4n) is 1.72. The van der Waals surface area contributed by atoms with Crippen molar-refractivity contribution in [1.29, 1.82) is 0 Å². The van der Waals surface area contributed by atoms with Gasteiger partial charge in [-0.2, -0.15) is 0 Å². The summed E-state index contributed by atoms with van der Waals surface area (Å²) in [5.41, 5.74) is 8.69. The van der Waals surface area contributed by atoms with Crippen molar-refractivity contribution in [3.8, 4) is 11.3 Å². The summed E-state index contributed by atoms with van der Waals surface area (Å²) in [4.78, 5) is 1.19. The lowest BCUT2D eigenvalue weighted by Crippen LogP contribution is -1.91. The summed E-state index contributed by atoms with van der Waals surface area (Å²) in [5.74, 6) is 0.424. The van der Waals surface area contributed by atoms with Crippen LogP contribution in [0.5, 0.6) is 0 Å². The van der Waals surface area contributed by atoms with E-state index in [0.717, 1.165) is 23.2 Å². The molecule has 0 aliphatic rings. The molecule has 0 aliphatic heterocycles. The van der Waals surface area contributed by atoms with Crippen molar-refractivity contribution in [3.63, 3.8) is 0 Å². The lowest BCUT2D eigenvalue weighted by atomic mass is 10.1. The molecule has 2 rings (SSSR count). The molecule has 0 spiro atoms. The Morgan fingerprint density at radius 2 is 2.12 bits per heavy atom. The van der Waals surface area contributed by atoms with E-state index in [1.165, 1.54) is 4.90 Å². The molecule has 1 heterocycles. The van der Waals surface area contributed by atoms with Gasteiger partial charge < -0.3 is 10.3 Å². The number of nitrogens with two attached hydrogens (primary N) is 1. The van der Waals surface area contributed by atoms with Gasteiger partial charge in [0.2, 0.25) is 5.88 Å². The molecule has 0 saturated carbocycles. The average molecular weight is 234 g/mol. The monoisotopic (exact) mass is 234 g/mol. The number of thioether (sulfide) groups is 1. The predicted octanol–water partition coefficient (Wildman–Crippen LogP) is 3.21. The molecule has 84 valence electrons. The van der Waals surface area contributed by atoms with Gasteiger partial charge in [0.25, 0.3) is 0 Å². The molecule has 0 radical (unpaired) electrons. The molecule has 0 fully saturated rings. The number of anilines is 1. The predicted molar refractivity (Wildman–Crippen MR) is 67.5 cm³/mol. The quantitative estimate of drug-likeness (QED) is 0.828. The second-order valence-corrected chi connectivity index (χ2v) is 4.28. The summed E-state index contributed by atoms with van der Waals surface area (Å²) < 4.78 is 5.06. The molecular formula is C12H14N2OS. The number of nitrogen functional groups attached to an aromatic ring is 1. The van der Waals surface area contributed by atoms with Crippen molar-refractivity contribution in [1.82, 2.24) is 5.16 Å². The van der Waals surface area contributed by atoms with Crippen molar-refractivity contribution >= 4 is 17.6 Å². The molecule has 0 amide bonds. The first-order valence-corrected chi connectivity index (χ1v) is 6.37. The molecule has 4 heteroatoms. The topological polar surface area (TPSA) is 52.0 Å². The first kappa shape index (κ1) is 11.1. The highest BCUT2D eigenvalue weighted by molar-refractivity contribution is 7.98. The van der Waals surface area contributed by atoms with Gasteiger partial charge >= 0.3 is 0 Å². The van der Waals surface area contributed by atoms with Crippen molar-refractivity contribution in [3.05, 3.63) is 29.8 Å². The highest BCUT2D eigenvalue weighted by Gasteiger charge is 2.15. The first-order chi connectivity index (χ1) is 7.77. The normalized spacial score (nSPS) is 10.6. The Hall–Kier alpha value is -1.42. The van der Waals surface area contributed by atoms with E-state index in [1.54, 1.807) is 11.8 Å². The van der Waals surface area contributed by atoms with Crippen LogP contribution in [0, 0.1) is 0 Å². The Morgan fingerprint density at radius 1 is 1.38 bits per heavy atom. The largest absolute Gasteiger partial charge is 0.367 e. The lowest BCUT2D eigenvalue weighted by molar-refractivity contribution is 0.438. The van der Waals surface area contributed by atoms with E-state index in [1.807, 2.05) is 31.4 Å². The molecule has 16 heavy (non-hydrogen) atoms. The number of rotatable bonds is 3. The fourth-order valence-corrected chi connectivity index (χ4v) is 2.31. The minimum atomic E-state index is 0.424. The minimum absolute atomic E-state index is 0.424. The number of aromatic nitrogens is 1. The molecule has 0 bridgehead atoms. The van der Waals surface area contributed by atoms with Crippen LogP contribution in [-0.4, -0.2) is 11.4 Å². The molecule has 1 aromatic heterocycles. The zero-order valence-corrected chi connectivity index (χ0v) is 10.2. The second-order valence-electron chi connectivity index (χ2n) is 3.43. The van der Waals surface area contributed by atoms with Gasteiger partial charge in [0, 0.05) is 16.0 Å². The Kier molecular flexibility index (Phi) is 3.19. The maximum Gasteiger partial charge on any atom is 0.225 e. The van der Waals surface area contributed by atoms with Gasteiger partial charge in [-0.25, -0.2) is 0 Å². The van der Waals surface area contributed by atoms with Gasteiger partial charge in [0.15, 0.2) is 0 Å². The second kappa shape index (κ2) is 4.61. The van der Waals surface area contributed by atoms with Crippen LogP contribution in [0.4, 0.5) is 5.88 Å². The van der Waals surface area contributed by atoms with Crippen LogP contribution >= 0.6 is 11.8 Å². The van der Waals surface area contributed by atoms with E-state index < -0.39 is 0 Å². The average Bonchev–Trinajstić information content (AvgIpc) is 2.70. The van der Waals surface area contributed by atoms with E-state index in [-0.39, 0.29) is 0 Å². The van der Waals surface area contributed by atoms with Crippen LogP contribution in [0.2, 0.25) is 0 Å². The van der Waals surface area contributed by atoms with E-state index in [2.05, 4.69) is 11.2 Å². The van der Waals surface area contributed by atoms with Crippen molar-refractivity contribution in [2.24, 2.45) is 0 Å². The third kappa shape index (κ3) is 1.80. The highest BCUT2D eigenvalue weighted by atomic mass is 32.2. The molecule has 0 atom stereocenters. The van der Waals surface area contributed by atoms with Gasteiger partial charge in [0.1, 0.15) is 5.69 Å². The fraction of sp³-hybridized carbons (Fsp3) is 0.250. The molecule has 0 unspecified atom stereocenters. The van der Waals surface area contributed by atoms with E-state index >= 15 is 0 Å². The third-order valence-corrected chi connectivity index (χ3v) is 3.33. The molecule has 3 nitrogen and oxygen atoms in total. The van der Waals surface area contributed by atoms with Crippen LogP contribution in [0.3, 0.4) is 0 Å². The Balaban J connectivity index is 2.58. The van der Waals surface area contributed by atoms with Crippen molar-refractivity contribution < 1.29 is 4.52 Å².